The Balaban J connectivity index is 2.24. The fraction of sp³-hybridized carbons (Fsp3) is 1.00. The van der Waals surface area contributed by atoms with Gasteiger partial charge in [-0.2, -0.15) is 0 Å². The van der Waals surface area contributed by atoms with Crippen molar-refractivity contribution in [2.24, 2.45) is 11.8 Å². The maximum atomic E-state index is 3.37. The first-order chi connectivity index (χ1) is 6.63. The average Bonchev–Trinajstić information content (AvgIpc) is 2.17. The molecule has 1 N–H and O–H groups in total. The van der Waals surface area contributed by atoms with Gasteiger partial charge in [0.2, 0.25) is 0 Å². The van der Waals surface area contributed by atoms with Crippen LogP contribution in [0.3, 0.4) is 0 Å². The quantitative estimate of drug-likeness (QED) is 0.743. The van der Waals surface area contributed by atoms with Gasteiger partial charge in [0.25, 0.3) is 0 Å². The number of hydrogen-bond acceptors (Lipinski definition) is 2. The number of piperidine rings is 1. The summed E-state index contributed by atoms with van der Waals surface area (Å²) in [6.07, 6.45) is 2.74. The van der Waals surface area contributed by atoms with Crippen LogP contribution in [0.1, 0.15) is 33.6 Å². The highest BCUT2D eigenvalue weighted by Gasteiger charge is 2.22. The zero-order chi connectivity index (χ0) is 10.6. The standard InChI is InChI=1S/C12H26N2/c1-10(2)9-14-7-5-12(6-8-14)11(3)13-4/h10-13H,5-9H2,1-4H3. The Morgan fingerprint density at radius 3 is 2.21 bits per heavy atom. The van der Waals surface area contributed by atoms with Crippen LogP contribution < -0.4 is 5.32 Å². The number of nitrogens with one attached hydrogen (secondary N) is 1. The number of hydrogen-bond donors (Lipinski definition) is 1. The lowest BCUT2D eigenvalue weighted by atomic mass is 9.90. The predicted molar refractivity (Wildman–Crippen MR) is 62.5 cm³/mol. The van der Waals surface area contributed by atoms with E-state index >= 15 is 0 Å². The molecule has 0 aromatic heterocycles. The maximum absolute atomic E-state index is 3.37. The first-order valence-corrected chi connectivity index (χ1v) is 6.03. The normalized spacial score (nSPS) is 22.9. The minimum atomic E-state index is 0.691. The molecule has 0 spiro atoms. The van der Waals surface area contributed by atoms with E-state index < -0.39 is 0 Å². The van der Waals surface area contributed by atoms with Crippen LogP contribution in [-0.2, 0) is 0 Å². The van der Waals surface area contributed by atoms with E-state index in [1.807, 2.05) is 0 Å². The third-order valence-corrected chi connectivity index (χ3v) is 3.42. The van der Waals surface area contributed by atoms with Crippen molar-refractivity contribution < 1.29 is 0 Å². The molecule has 0 radical (unpaired) electrons. The minimum Gasteiger partial charge on any atom is -0.317 e. The summed E-state index contributed by atoms with van der Waals surface area (Å²) in [5.41, 5.74) is 0. The second-order valence-corrected chi connectivity index (χ2v) is 5.11. The number of likely N-dealkylation sites (tertiary alicyclic amines) is 1. The van der Waals surface area contributed by atoms with E-state index in [2.05, 4.69) is 38.0 Å². The van der Waals surface area contributed by atoms with Crippen LogP contribution in [0.25, 0.3) is 0 Å². The lowest BCUT2D eigenvalue weighted by Gasteiger charge is -2.35. The monoisotopic (exact) mass is 198 g/mol. The molecule has 0 aliphatic carbocycles. The molecule has 1 atom stereocenters. The lowest BCUT2D eigenvalue weighted by molar-refractivity contribution is 0.151. The van der Waals surface area contributed by atoms with Crippen LogP contribution >= 0.6 is 0 Å². The van der Waals surface area contributed by atoms with Gasteiger partial charge >= 0.3 is 0 Å². The van der Waals surface area contributed by atoms with Crippen molar-refractivity contribution in [3.8, 4) is 0 Å². The van der Waals surface area contributed by atoms with E-state index in [1.165, 1.54) is 32.5 Å². The van der Waals surface area contributed by atoms with Gasteiger partial charge in [0, 0.05) is 12.6 Å². The average molecular weight is 198 g/mol. The third-order valence-electron chi connectivity index (χ3n) is 3.42. The molecule has 0 bridgehead atoms. The molecule has 0 aromatic carbocycles. The zero-order valence-corrected chi connectivity index (χ0v) is 10.2. The molecule has 1 rings (SSSR count). The van der Waals surface area contributed by atoms with Crippen molar-refractivity contribution >= 4 is 0 Å². The predicted octanol–water partition coefficient (Wildman–Crippen LogP) is 1.96. The molecule has 14 heavy (non-hydrogen) atoms. The Bertz CT molecular complexity index is 148. The van der Waals surface area contributed by atoms with E-state index in [1.54, 1.807) is 0 Å². The van der Waals surface area contributed by atoms with Gasteiger partial charge in [-0.1, -0.05) is 13.8 Å². The lowest BCUT2D eigenvalue weighted by Crippen LogP contribution is -2.41. The molecule has 2 heteroatoms. The third kappa shape index (κ3) is 3.58. The summed E-state index contributed by atoms with van der Waals surface area (Å²) in [6, 6.07) is 0.691. The van der Waals surface area contributed by atoms with Crippen LogP contribution in [0, 0.1) is 11.8 Å². The maximum Gasteiger partial charge on any atom is 0.00649 e. The van der Waals surface area contributed by atoms with E-state index in [0.29, 0.717) is 6.04 Å². The van der Waals surface area contributed by atoms with Crippen molar-refractivity contribution in [1.82, 2.24) is 10.2 Å². The molecule has 2 nitrogen and oxygen atoms in total. The topological polar surface area (TPSA) is 15.3 Å². The van der Waals surface area contributed by atoms with Gasteiger partial charge in [-0.15, -0.1) is 0 Å². The largest absolute Gasteiger partial charge is 0.317 e. The molecule has 1 aliphatic heterocycles. The van der Waals surface area contributed by atoms with Gasteiger partial charge in [0.15, 0.2) is 0 Å². The van der Waals surface area contributed by atoms with Crippen molar-refractivity contribution in [2.45, 2.75) is 39.7 Å². The summed E-state index contributed by atoms with van der Waals surface area (Å²) in [6.45, 7) is 10.8. The van der Waals surface area contributed by atoms with E-state index in [4.69, 9.17) is 0 Å². The highest BCUT2D eigenvalue weighted by Crippen LogP contribution is 2.20. The Morgan fingerprint density at radius 1 is 1.21 bits per heavy atom. The highest BCUT2D eigenvalue weighted by atomic mass is 15.1. The first-order valence-electron chi connectivity index (χ1n) is 6.03. The number of rotatable bonds is 4. The fourth-order valence-corrected chi connectivity index (χ4v) is 2.39. The first kappa shape index (κ1) is 12.0. The summed E-state index contributed by atoms with van der Waals surface area (Å²) in [4.78, 5) is 2.61. The van der Waals surface area contributed by atoms with E-state index in [0.717, 1.165) is 11.8 Å². The second kappa shape index (κ2) is 5.72. The highest BCUT2D eigenvalue weighted by molar-refractivity contribution is 4.78. The summed E-state index contributed by atoms with van der Waals surface area (Å²) in [7, 11) is 2.07. The number of nitrogens with zero attached hydrogens (tertiary/aromatic N) is 1. The van der Waals surface area contributed by atoms with Crippen molar-refractivity contribution in [2.75, 3.05) is 26.7 Å². The molecule has 1 unspecified atom stereocenters. The summed E-state index contributed by atoms with van der Waals surface area (Å²) in [5.74, 6) is 1.71. The zero-order valence-electron chi connectivity index (χ0n) is 10.2. The van der Waals surface area contributed by atoms with Crippen molar-refractivity contribution in [3.05, 3.63) is 0 Å². The van der Waals surface area contributed by atoms with Gasteiger partial charge in [-0.3, -0.25) is 0 Å². The van der Waals surface area contributed by atoms with Crippen LogP contribution in [0.2, 0.25) is 0 Å². The SMILES string of the molecule is CNC(C)C1CCN(CC(C)C)CC1. The van der Waals surface area contributed by atoms with Gasteiger partial charge in [-0.25, -0.2) is 0 Å². The van der Waals surface area contributed by atoms with Gasteiger partial charge < -0.3 is 10.2 Å². The second-order valence-electron chi connectivity index (χ2n) is 5.11. The molecule has 0 aromatic rings. The van der Waals surface area contributed by atoms with Gasteiger partial charge in [0.1, 0.15) is 0 Å². The van der Waals surface area contributed by atoms with Crippen LogP contribution in [-0.4, -0.2) is 37.6 Å². The minimum absolute atomic E-state index is 0.691. The summed E-state index contributed by atoms with van der Waals surface area (Å²) < 4.78 is 0. The molecular formula is C12H26N2. The smallest absolute Gasteiger partial charge is 0.00649 e. The van der Waals surface area contributed by atoms with Gasteiger partial charge in [0.05, 0.1) is 0 Å². The molecular weight excluding hydrogens is 172 g/mol. The fourth-order valence-electron chi connectivity index (χ4n) is 2.39. The molecule has 0 amide bonds. The Labute approximate surface area is 89.1 Å². The van der Waals surface area contributed by atoms with E-state index in [9.17, 15) is 0 Å². The van der Waals surface area contributed by atoms with Crippen molar-refractivity contribution in [3.63, 3.8) is 0 Å². The summed E-state index contributed by atoms with van der Waals surface area (Å²) in [5, 5.41) is 3.37. The van der Waals surface area contributed by atoms with Crippen molar-refractivity contribution in [1.29, 1.82) is 0 Å². The van der Waals surface area contributed by atoms with E-state index in [-0.39, 0.29) is 0 Å². The van der Waals surface area contributed by atoms with Crippen LogP contribution in [0.15, 0.2) is 0 Å². The van der Waals surface area contributed by atoms with Gasteiger partial charge in [-0.05, 0) is 51.7 Å². The molecule has 1 saturated heterocycles. The summed E-state index contributed by atoms with van der Waals surface area (Å²) >= 11 is 0. The molecule has 1 heterocycles. The molecule has 84 valence electrons. The van der Waals surface area contributed by atoms with Crippen LogP contribution in [0.5, 0.6) is 0 Å². The Kier molecular flexibility index (Phi) is 4.90. The Hall–Kier alpha value is -0.0800. The molecule has 1 fully saturated rings. The molecule has 1 aliphatic rings. The Morgan fingerprint density at radius 2 is 1.79 bits per heavy atom. The van der Waals surface area contributed by atoms with Crippen LogP contribution in [0.4, 0.5) is 0 Å². The molecule has 0 saturated carbocycles.